The molecule has 182 valence electrons. The van der Waals surface area contributed by atoms with Crippen LogP contribution in [0.3, 0.4) is 0 Å². The minimum atomic E-state index is -0.221. The molecule has 33 heavy (non-hydrogen) atoms. The lowest BCUT2D eigenvalue weighted by Gasteiger charge is -2.53. The Hall–Kier alpha value is -2.12. The van der Waals surface area contributed by atoms with Gasteiger partial charge in [-0.2, -0.15) is 0 Å². The first kappa shape index (κ1) is 24.0. The number of carbonyl (C=O) groups excluding carboxylic acids is 2. The highest BCUT2D eigenvalue weighted by Gasteiger charge is 2.56. The number of nitrogens with one attached hydrogen (secondary N) is 1. The van der Waals surface area contributed by atoms with Crippen molar-refractivity contribution in [1.82, 2.24) is 20.0 Å². The predicted octanol–water partition coefficient (Wildman–Crippen LogP) is 2.79. The number of amides is 3. The van der Waals surface area contributed by atoms with E-state index >= 15 is 0 Å². The highest BCUT2D eigenvalue weighted by molar-refractivity contribution is 5.86. The molecule has 1 saturated heterocycles. The average Bonchev–Trinajstić information content (AvgIpc) is 3.03. The summed E-state index contributed by atoms with van der Waals surface area (Å²) in [5.41, 5.74) is 1.27. The quantitative estimate of drug-likeness (QED) is 0.631. The fourth-order valence-corrected chi connectivity index (χ4v) is 6.28. The van der Waals surface area contributed by atoms with E-state index in [1.54, 1.807) is 4.90 Å². The number of urea groups is 1. The largest absolute Gasteiger partial charge is 0.395 e. The second kappa shape index (κ2) is 9.26. The van der Waals surface area contributed by atoms with Gasteiger partial charge in [-0.05, 0) is 63.6 Å². The van der Waals surface area contributed by atoms with Crippen molar-refractivity contribution in [2.24, 2.45) is 5.41 Å². The molecule has 3 aliphatic rings. The average molecular weight is 457 g/mol. The lowest BCUT2D eigenvalue weighted by Crippen LogP contribution is -2.57. The Bertz CT molecular complexity index is 844. The molecular formula is C26H40N4O3. The number of carbonyl (C=O) groups is 2. The van der Waals surface area contributed by atoms with Crippen molar-refractivity contribution in [1.29, 1.82) is 0 Å². The number of aliphatic hydroxyl groups is 1. The third-order valence-corrected chi connectivity index (χ3v) is 8.60. The lowest BCUT2D eigenvalue weighted by atomic mass is 9.66. The maximum absolute atomic E-state index is 13.6. The van der Waals surface area contributed by atoms with Crippen LogP contribution >= 0.6 is 0 Å². The molecule has 0 aromatic heterocycles. The minimum absolute atomic E-state index is 0.000613. The molecule has 1 spiro atoms. The number of hydrogen-bond acceptors (Lipinski definition) is 4. The van der Waals surface area contributed by atoms with Crippen LogP contribution < -0.4 is 5.32 Å². The van der Waals surface area contributed by atoms with Crippen LogP contribution in [0.5, 0.6) is 0 Å². The first-order valence-electron chi connectivity index (χ1n) is 12.4. The summed E-state index contributed by atoms with van der Waals surface area (Å²) in [6.07, 6.45) is 7.37. The molecule has 0 bridgehead atoms. The molecule has 4 rings (SSSR count). The molecule has 3 amide bonds. The summed E-state index contributed by atoms with van der Waals surface area (Å²) in [6.45, 7) is 3.86. The summed E-state index contributed by atoms with van der Waals surface area (Å²) < 4.78 is 0. The van der Waals surface area contributed by atoms with Gasteiger partial charge in [-0.1, -0.05) is 43.7 Å². The zero-order chi connectivity index (χ0) is 23.7. The van der Waals surface area contributed by atoms with Gasteiger partial charge in [-0.25, -0.2) is 4.79 Å². The van der Waals surface area contributed by atoms with Crippen molar-refractivity contribution in [3.8, 4) is 0 Å². The van der Waals surface area contributed by atoms with E-state index in [1.165, 1.54) is 12.0 Å². The summed E-state index contributed by atoms with van der Waals surface area (Å²) in [7, 11) is 4.32. The predicted molar refractivity (Wildman–Crippen MR) is 129 cm³/mol. The maximum atomic E-state index is 13.6. The smallest absolute Gasteiger partial charge is 0.321 e. The Morgan fingerprint density at radius 2 is 1.76 bits per heavy atom. The minimum Gasteiger partial charge on any atom is -0.395 e. The van der Waals surface area contributed by atoms with Gasteiger partial charge in [0.05, 0.1) is 12.1 Å². The van der Waals surface area contributed by atoms with Crippen LogP contribution in [-0.4, -0.2) is 84.2 Å². The number of nitrogens with zero attached hydrogens (tertiary/aromatic N) is 3. The van der Waals surface area contributed by atoms with E-state index in [0.29, 0.717) is 6.54 Å². The Morgan fingerprint density at radius 1 is 1.09 bits per heavy atom. The van der Waals surface area contributed by atoms with Gasteiger partial charge < -0.3 is 20.2 Å². The molecule has 1 aromatic carbocycles. The molecule has 1 aromatic rings. The first-order valence-corrected chi connectivity index (χ1v) is 12.4. The Labute approximate surface area is 198 Å². The molecular weight excluding hydrogens is 416 g/mol. The Kier molecular flexibility index (Phi) is 6.74. The van der Waals surface area contributed by atoms with Crippen LogP contribution in [0.1, 0.15) is 57.4 Å². The molecule has 3 fully saturated rings. The molecule has 2 saturated carbocycles. The third kappa shape index (κ3) is 4.50. The van der Waals surface area contributed by atoms with Gasteiger partial charge >= 0.3 is 6.03 Å². The molecule has 1 heterocycles. The van der Waals surface area contributed by atoms with Crippen LogP contribution in [0.15, 0.2) is 30.3 Å². The van der Waals surface area contributed by atoms with E-state index in [1.807, 2.05) is 0 Å². The molecule has 7 heteroatoms. The molecule has 7 nitrogen and oxygen atoms in total. The lowest BCUT2D eigenvalue weighted by molar-refractivity contribution is -0.121. The van der Waals surface area contributed by atoms with Gasteiger partial charge in [0.1, 0.15) is 6.54 Å². The highest BCUT2D eigenvalue weighted by atomic mass is 16.3. The second-order valence-electron chi connectivity index (χ2n) is 11.0. The maximum Gasteiger partial charge on any atom is 0.321 e. The summed E-state index contributed by atoms with van der Waals surface area (Å²) in [5, 5.41) is 11.7. The first-order chi connectivity index (χ1) is 15.7. The molecule has 0 radical (unpaired) electrons. The summed E-state index contributed by atoms with van der Waals surface area (Å²) in [4.78, 5) is 32.2. The third-order valence-electron chi connectivity index (χ3n) is 8.60. The van der Waals surface area contributed by atoms with Crippen LogP contribution in [0.25, 0.3) is 0 Å². The number of benzene rings is 1. The van der Waals surface area contributed by atoms with E-state index in [-0.39, 0.29) is 48.1 Å². The molecule has 0 unspecified atom stereocenters. The van der Waals surface area contributed by atoms with Crippen LogP contribution in [-0.2, 0) is 10.3 Å². The van der Waals surface area contributed by atoms with E-state index in [2.05, 4.69) is 66.5 Å². The van der Waals surface area contributed by atoms with Crippen molar-refractivity contribution >= 4 is 11.9 Å². The van der Waals surface area contributed by atoms with Gasteiger partial charge in [0.2, 0.25) is 5.91 Å². The molecule has 2 N–H and O–H groups in total. The van der Waals surface area contributed by atoms with Gasteiger partial charge in [-0.15, -0.1) is 0 Å². The second-order valence-corrected chi connectivity index (χ2v) is 11.0. The van der Waals surface area contributed by atoms with Crippen molar-refractivity contribution in [3.05, 3.63) is 35.9 Å². The topological polar surface area (TPSA) is 76.1 Å². The van der Waals surface area contributed by atoms with Crippen molar-refractivity contribution < 1.29 is 14.7 Å². The fourth-order valence-electron chi connectivity index (χ4n) is 6.28. The summed E-state index contributed by atoms with van der Waals surface area (Å²) in [6, 6.07) is 10.7. The molecule has 1 aliphatic heterocycles. The van der Waals surface area contributed by atoms with Crippen molar-refractivity contribution in [2.45, 2.75) is 62.9 Å². The Balaban J connectivity index is 1.57. The van der Waals surface area contributed by atoms with Crippen molar-refractivity contribution in [2.75, 3.05) is 46.9 Å². The standard InChI is InChI=1S/C26H40N4O3/c1-24(10-7-11-24)19-30-23(33)29(18-22(32)27-16-17-31)20-25(30)12-14-26(15-13-25,28(2)3)21-8-5-4-6-9-21/h4-6,8-9,31H,7,10-20H2,1-3H3,(H,27,32). The highest BCUT2D eigenvalue weighted by Crippen LogP contribution is 2.51. The van der Waals surface area contributed by atoms with Gasteiger partial charge in [0.25, 0.3) is 0 Å². The van der Waals surface area contributed by atoms with E-state index in [9.17, 15) is 9.59 Å². The van der Waals surface area contributed by atoms with E-state index < -0.39 is 0 Å². The van der Waals surface area contributed by atoms with Crippen LogP contribution in [0, 0.1) is 5.41 Å². The zero-order valence-corrected chi connectivity index (χ0v) is 20.5. The van der Waals surface area contributed by atoms with Gasteiger partial charge in [0.15, 0.2) is 0 Å². The normalized spacial score (nSPS) is 28.9. The van der Waals surface area contributed by atoms with E-state index in [4.69, 9.17) is 5.11 Å². The monoisotopic (exact) mass is 456 g/mol. The summed E-state index contributed by atoms with van der Waals surface area (Å²) in [5.74, 6) is -0.202. The van der Waals surface area contributed by atoms with Crippen LogP contribution in [0.2, 0.25) is 0 Å². The van der Waals surface area contributed by atoms with Gasteiger partial charge in [0, 0.05) is 25.2 Å². The zero-order valence-electron chi connectivity index (χ0n) is 20.5. The molecule has 2 aliphatic carbocycles. The number of aliphatic hydroxyl groups excluding tert-OH is 1. The molecule has 0 atom stereocenters. The van der Waals surface area contributed by atoms with E-state index in [0.717, 1.165) is 45.1 Å². The number of hydrogen-bond donors (Lipinski definition) is 2. The van der Waals surface area contributed by atoms with Gasteiger partial charge in [-0.3, -0.25) is 9.69 Å². The van der Waals surface area contributed by atoms with Crippen LogP contribution in [0.4, 0.5) is 4.79 Å². The SMILES string of the molecule is CN(C)C1(c2ccccc2)CCC2(CC1)CN(CC(=O)NCCO)C(=O)N2CC1(C)CCC1. The summed E-state index contributed by atoms with van der Waals surface area (Å²) >= 11 is 0. The fraction of sp³-hybridized carbons (Fsp3) is 0.692. The Morgan fingerprint density at radius 3 is 2.30 bits per heavy atom. The number of rotatable bonds is 8. The van der Waals surface area contributed by atoms with Crippen molar-refractivity contribution in [3.63, 3.8) is 0 Å².